The van der Waals surface area contributed by atoms with Crippen LogP contribution in [0.3, 0.4) is 0 Å². The summed E-state index contributed by atoms with van der Waals surface area (Å²) in [7, 11) is 0. The molecule has 6 heteroatoms. The molecular formula is C22H18BrClN2O2. The van der Waals surface area contributed by atoms with Gasteiger partial charge >= 0.3 is 0 Å². The average Bonchev–Trinajstić information content (AvgIpc) is 2.70. The van der Waals surface area contributed by atoms with Crippen LogP contribution in [0.25, 0.3) is 0 Å². The number of rotatable bonds is 7. The molecule has 0 spiro atoms. The van der Waals surface area contributed by atoms with Crippen molar-refractivity contribution in [2.75, 3.05) is 0 Å². The van der Waals surface area contributed by atoms with E-state index in [0.29, 0.717) is 17.4 Å². The van der Waals surface area contributed by atoms with E-state index >= 15 is 0 Å². The maximum atomic E-state index is 12.1. The Hall–Kier alpha value is -2.63. The van der Waals surface area contributed by atoms with Crippen molar-refractivity contribution in [2.24, 2.45) is 5.10 Å². The zero-order valence-corrected chi connectivity index (χ0v) is 17.3. The fraction of sp³-hybridized carbons (Fsp3) is 0.0909. The van der Waals surface area contributed by atoms with Gasteiger partial charge in [-0.25, -0.2) is 5.43 Å². The molecule has 1 N–H and O–H groups in total. The van der Waals surface area contributed by atoms with Gasteiger partial charge in [-0.15, -0.1) is 0 Å². The molecule has 0 aliphatic carbocycles. The molecule has 0 radical (unpaired) electrons. The first-order chi connectivity index (χ1) is 13.6. The Balaban J connectivity index is 1.61. The Morgan fingerprint density at radius 2 is 1.79 bits per heavy atom. The summed E-state index contributed by atoms with van der Waals surface area (Å²) >= 11 is 9.30. The molecule has 1 amide bonds. The first-order valence-electron chi connectivity index (χ1n) is 8.63. The molecule has 4 nitrogen and oxygen atoms in total. The molecular weight excluding hydrogens is 440 g/mol. The normalized spacial score (nSPS) is 10.8. The van der Waals surface area contributed by atoms with Crippen LogP contribution in [-0.4, -0.2) is 12.1 Å². The van der Waals surface area contributed by atoms with Crippen LogP contribution in [0.15, 0.2) is 82.4 Å². The van der Waals surface area contributed by atoms with Crippen molar-refractivity contribution in [3.8, 4) is 5.75 Å². The van der Waals surface area contributed by atoms with Gasteiger partial charge in [-0.05, 0) is 41.5 Å². The molecule has 0 aliphatic rings. The zero-order chi connectivity index (χ0) is 19.8. The number of carbonyl (C=O) groups excluding carboxylic acids is 1. The van der Waals surface area contributed by atoms with E-state index in [1.165, 1.54) is 0 Å². The molecule has 0 aromatic heterocycles. The van der Waals surface area contributed by atoms with Gasteiger partial charge in [-0.3, -0.25) is 4.79 Å². The first kappa shape index (κ1) is 20.1. The Kier molecular flexibility index (Phi) is 7.23. The zero-order valence-electron chi connectivity index (χ0n) is 14.9. The molecule has 0 bridgehead atoms. The van der Waals surface area contributed by atoms with Gasteiger partial charge in [0.15, 0.2) is 0 Å². The fourth-order valence-corrected chi connectivity index (χ4v) is 2.99. The third kappa shape index (κ3) is 6.22. The number of benzene rings is 3. The van der Waals surface area contributed by atoms with Crippen molar-refractivity contribution in [2.45, 2.75) is 13.0 Å². The van der Waals surface area contributed by atoms with Crippen LogP contribution >= 0.6 is 27.5 Å². The van der Waals surface area contributed by atoms with Gasteiger partial charge in [-0.2, -0.15) is 5.10 Å². The van der Waals surface area contributed by atoms with E-state index in [1.54, 1.807) is 18.3 Å². The quantitative estimate of drug-likeness (QED) is 0.383. The second-order valence-corrected chi connectivity index (χ2v) is 7.40. The van der Waals surface area contributed by atoms with Gasteiger partial charge in [-0.1, -0.05) is 70.0 Å². The molecule has 0 saturated heterocycles. The molecule has 0 unspecified atom stereocenters. The minimum atomic E-state index is -0.208. The lowest BCUT2D eigenvalue weighted by atomic mass is 10.1. The van der Waals surface area contributed by atoms with E-state index in [9.17, 15) is 4.79 Å². The van der Waals surface area contributed by atoms with E-state index < -0.39 is 0 Å². The molecule has 0 atom stereocenters. The smallest absolute Gasteiger partial charge is 0.244 e. The van der Waals surface area contributed by atoms with Crippen molar-refractivity contribution in [3.05, 3.63) is 99.0 Å². The lowest BCUT2D eigenvalue weighted by Crippen LogP contribution is -2.19. The van der Waals surface area contributed by atoms with Gasteiger partial charge < -0.3 is 4.74 Å². The molecule has 0 heterocycles. The predicted molar refractivity (Wildman–Crippen MR) is 116 cm³/mol. The summed E-state index contributed by atoms with van der Waals surface area (Å²) in [6.07, 6.45) is 1.80. The number of hydrogen-bond acceptors (Lipinski definition) is 3. The highest BCUT2D eigenvalue weighted by atomic mass is 79.9. The molecule has 0 saturated carbocycles. The summed E-state index contributed by atoms with van der Waals surface area (Å²) in [6, 6.07) is 22.7. The summed E-state index contributed by atoms with van der Waals surface area (Å²) in [5.74, 6) is 0.475. The van der Waals surface area contributed by atoms with Gasteiger partial charge in [0.2, 0.25) is 5.91 Å². The van der Waals surface area contributed by atoms with Crippen LogP contribution in [0.1, 0.15) is 16.7 Å². The molecule has 0 aliphatic heterocycles. The number of carbonyl (C=O) groups is 1. The minimum absolute atomic E-state index is 0.208. The van der Waals surface area contributed by atoms with E-state index in [4.69, 9.17) is 16.3 Å². The van der Waals surface area contributed by atoms with Crippen molar-refractivity contribution in [1.29, 1.82) is 0 Å². The number of hydrogen-bond donors (Lipinski definition) is 1. The molecule has 3 aromatic carbocycles. The summed E-state index contributed by atoms with van der Waals surface area (Å²) in [5, 5.41) is 4.70. The number of halogens is 2. The standard InChI is InChI=1S/C22H18BrClN2O2/c23-19-8-11-21(28-15-17-4-2-1-3-5-17)18(13-19)14-25-26-22(27)12-16-6-9-20(24)10-7-16/h1-11,13-14H,12,15H2,(H,26,27)/b25-14-. The minimum Gasteiger partial charge on any atom is -0.488 e. The fourth-order valence-electron chi connectivity index (χ4n) is 2.49. The number of ether oxygens (including phenoxy) is 1. The van der Waals surface area contributed by atoms with Crippen LogP contribution in [0.2, 0.25) is 5.02 Å². The molecule has 3 rings (SSSR count). The van der Waals surface area contributed by atoms with E-state index in [0.717, 1.165) is 21.2 Å². The van der Waals surface area contributed by atoms with Crippen LogP contribution in [0.5, 0.6) is 5.75 Å². The van der Waals surface area contributed by atoms with Gasteiger partial charge in [0.25, 0.3) is 0 Å². The monoisotopic (exact) mass is 456 g/mol. The van der Waals surface area contributed by atoms with Gasteiger partial charge in [0.1, 0.15) is 12.4 Å². The van der Waals surface area contributed by atoms with Gasteiger partial charge in [0, 0.05) is 15.1 Å². The highest BCUT2D eigenvalue weighted by Crippen LogP contribution is 2.22. The second-order valence-electron chi connectivity index (χ2n) is 6.05. The number of hydrazone groups is 1. The predicted octanol–water partition coefficient (Wildman–Crippen LogP) is 5.37. The van der Waals surface area contributed by atoms with Crippen LogP contribution in [-0.2, 0) is 17.8 Å². The van der Waals surface area contributed by atoms with Crippen LogP contribution in [0.4, 0.5) is 0 Å². The number of amides is 1. The Morgan fingerprint density at radius 1 is 1.04 bits per heavy atom. The highest BCUT2D eigenvalue weighted by molar-refractivity contribution is 9.10. The van der Waals surface area contributed by atoms with Crippen LogP contribution < -0.4 is 10.2 Å². The van der Waals surface area contributed by atoms with Crippen LogP contribution in [0, 0.1) is 0 Å². The van der Waals surface area contributed by atoms with Crippen molar-refractivity contribution in [1.82, 2.24) is 5.43 Å². The molecule has 3 aromatic rings. The molecule has 28 heavy (non-hydrogen) atoms. The maximum Gasteiger partial charge on any atom is 0.244 e. The Labute approximate surface area is 177 Å². The Bertz CT molecular complexity index is 960. The average molecular weight is 458 g/mol. The summed E-state index contributed by atoms with van der Waals surface area (Å²) < 4.78 is 6.80. The highest BCUT2D eigenvalue weighted by Gasteiger charge is 2.05. The Morgan fingerprint density at radius 3 is 2.54 bits per heavy atom. The van der Waals surface area contributed by atoms with Crippen molar-refractivity contribution in [3.63, 3.8) is 0 Å². The lowest BCUT2D eigenvalue weighted by Gasteiger charge is -2.09. The second kappa shape index (κ2) is 10.1. The number of nitrogens with one attached hydrogen (secondary N) is 1. The summed E-state index contributed by atoms with van der Waals surface area (Å²) in [4.78, 5) is 12.1. The molecule has 0 fully saturated rings. The largest absolute Gasteiger partial charge is 0.488 e. The third-order valence-corrected chi connectivity index (χ3v) is 4.63. The third-order valence-electron chi connectivity index (χ3n) is 3.88. The first-order valence-corrected chi connectivity index (χ1v) is 9.80. The molecule has 142 valence electrons. The van der Waals surface area contributed by atoms with E-state index in [1.807, 2.05) is 60.7 Å². The maximum absolute atomic E-state index is 12.1. The summed E-state index contributed by atoms with van der Waals surface area (Å²) in [6.45, 7) is 0.451. The van der Waals surface area contributed by atoms with Crippen molar-refractivity contribution >= 4 is 39.7 Å². The van der Waals surface area contributed by atoms with E-state index in [2.05, 4.69) is 26.5 Å². The number of nitrogens with zero attached hydrogens (tertiary/aromatic N) is 1. The van der Waals surface area contributed by atoms with E-state index in [-0.39, 0.29) is 12.3 Å². The van der Waals surface area contributed by atoms with Crippen molar-refractivity contribution < 1.29 is 9.53 Å². The topological polar surface area (TPSA) is 50.7 Å². The SMILES string of the molecule is O=C(Cc1ccc(Cl)cc1)N/N=C\c1cc(Br)ccc1OCc1ccccc1. The van der Waals surface area contributed by atoms with Gasteiger partial charge in [0.05, 0.1) is 12.6 Å². The lowest BCUT2D eigenvalue weighted by molar-refractivity contribution is -0.120. The summed E-state index contributed by atoms with van der Waals surface area (Å²) in [5.41, 5.74) is 5.24.